The van der Waals surface area contributed by atoms with Gasteiger partial charge in [0.2, 0.25) is 0 Å². The van der Waals surface area contributed by atoms with Gasteiger partial charge in [0.1, 0.15) is 11.4 Å². The highest BCUT2D eigenvalue weighted by molar-refractivity contribution is 7.81. The Hall–Kier alpha value is -1.07. The first-order chi connectivity index (χ1) is 9.03. The number of piperidine rings is 1. The first kappa shape index (κ1) is 14.3. The van der Waals surface area contributed by atoms with Crippen LogP contribution in [0, 0.1) is 5.82 Å². The average Bonchev–Trinajstić information content (AvgIpc) is 2.40. The standard InChI is InChI=1S/C14H18FNO2S/c1-10(19)13(17)18-14(7-2-8-16-9-14)11-3-5-12(15)6-4-11/h3-6,10,16,19H,2,7-9H2,1H3. The Kier molecular flexibility index (Phi) is 4.47. The van der Waals surface area contributed by atoms with Crippen molar-refractivity contribution in [3.8, 4) is 0 Å². The first-order valence-electron chi connectivity index (χ1n) is 6.41. The Labute approximate surface area is 117 Å². The van der Waals surface area contributed by atoms with E-state index in [1.165, 1.54) is 12.1 Å². The number of carbonyl (C=O) groups excluding carboxylic acids is 1. The molecule has 1 heterocycles. The van der Waals surface area contributed by atoms with E-state index < -0.39 is 10.9 Å². The molecule has 0 aromatic heterocycles. The quantitative estimate of drug-likeness (QED) is 0.660. The summed E-state index contributed by atoms with van der Waals surface area (Å²) < 4.78 is 18.7. The van der Waals surface area contributed by atoms with Gasteiger partial charge in [-0.3, -0.25) is 4.79 Å². The summed E-state index contributed by atoms with van der Waals surface area (Å²) in [5.74, 6) is -0.645. The number of halogens is 1. The highest BCUT2D eigenvalue weighted by Crippen LogP contribution is 2.33. The molecule has 104 valence electrons. The maximum absolute atomic E-state index is 13.0. The third kappa shape index (κ3) is 3.28. The van der Waals surface area contributed by atoms with Crippen molar-refractivity contribution in [1.29, 1.82) is 0 Å². The zero-order chi connectivity index (χ0) is 13.9. The van der Waals surface area contributed by atoms with Crippen LogP contribution in [0.3, 0.4) is 0 Å². The normalized spacial score (nSPS) is 24.8. The molecule has 0 amide bonds. The first-order valence-corrected chi connectivity index (χ1v) is 6.93. The van der Waals surface area contributed by atoms with Gasteiger partial charge in [-0.05, 0) is 44.0 Å². The van der Waals surface area contributed by atoms with Crippen molar-refractivity contribution in [1.82, 2.24) is 5.32 Å². The van der Waals surface area contributed by atoms with E-state index in [0.29, 0.717) is 6.54 Å². The maximum Gasteiger partial charge on any atom is 0.319 e. The van der Waals surface area contributed by atoms with E-state index in [2.05, 4.69) is 17.9 Å². The molecular formula is C14H18FNO2S. The monoisotopic (exact) mass is 283 g/mol. The largest absolute Gasteiger partial charge is 0.452 e. The van der Waals surface area contributed by atoms with E-state index in [1.807, 2.05) is 0 Å². The molecule has 0 saturated carbocycles. The van der Waals surface area contributed by atoms with Crippen LogP contribution in [0.25, 0.3) is 0 Å². The zero-order valence-corrected chi connectivity index (χ0v) is 11.8. The van der Waals surface area contributed by atoms with Gasteiger partial charge in [0.15, 0.2) is 0 Å². The minimum Gasteiger partial charge on any atom is -0.452 e. The van der Waals surface area contributed by atoms with Crippen molar-refractivity contribution in [3.05, 3.63) is 35.6 Å². The Balaban J connectivity index is 2.28. The molecule has 1 aromatic rings. The molecule has 1 aromatic carbocycles. The van der Waals surface area contributed by atoms with Gasteiger partial charge < -0.3 is 10.1 Å². The SMILES string of the molecule is CC(S)C(=O)OC1(c2ccc(F)cc2)CCCNC1. The minimum absolute atomic E-state index is 0.295. The summed E-state index contributed by atoms with van der Waals surface area (Å²) in [5.41, 5.74) is 0.114. The van der Waals surface area contributed by atoms with Crippen LogP contribution in [0.15, 0.2) is 24.3 Å². The van der Waals surface area contributed by atoms with Crippen LogP contribution in [-0.4, -0.2) is 24.3 Å². The molecule has 1 fully saturated rings. The molecule has 1 aliphatic heterocycles. The Morgan fingerprint density at radius 3 is 2.68 bits per heavy atom. The van der Waals surface area contributed by atoms with Crippen LogP contribution >= 0.6 is 12.6 Å². The third-order valence-corrected chi connectivity index (χ3v) is 3.56. The molecule has 2 unspecified atom stereocenters. The van der Waals surface area contributed by atoms with Crippen molar-refractivity contribution < 1.29 is 13.9 Å². The molecular weight excluding hydrogens is 265 g/mol. The Morgan fingerprint density at radius 2 is 2.16 bits per heavy atom. The van der Waals surface area contributed by atoms with Gasteiger partial charge >= 0.3 is 5.97 Å². The van der Waals surface area contributed by atoms with Crippen molar-refractivity contribution in [3.63, 3.8) is 0 Å². The van der Waals surface area contributed by atoms with E-state index in [9.17, 15) is 9.18 Å². The molecule has 1 N–H and O–H groups in total. The van der Waals surface area contributed by atoms with E-state index >= 15 is 0 Å². The summed E-state index contributed by atoms with van der Waals surface area (Å²) in [6.45, 7) is 3.13. The maximum atomic E-state index is 13.0. The number of benzene rings is 1. The van der Waals surface area contributed by atoms with Crippen molar-refractivity contribution in [2.45, 2.75) is 30.6 Å². The number of carbonyl (C=O) groups is 1. The third-order valence-electron chi connectivity index (χ3n) is 3.35. The molecule has 2 rings (SSSR count). The second-order valence-electron chi connectivity index (χ2n) is 4.88. The fourth-order valence-corrected chi connectivity index (χ4v) is 2.35. The van der Waals surface area contributed by atoms with E-state index in [-0.39, 0.29) is 11.8 Å². The number of nitrogens with one attached hydrogen (secondary N) is 1. The van der Waals surface area contributed by atoms with Crippen LogP contribution in [0.4, 0.5) is 4.39 Å². The summed E-state index contributed by atoms with van der Waals surface area (Å²) in [4.78, 5) is 11.9. The lowest BCUT2D eigenvalue weighted by atomic mass is 9.86. The number of esters is 1. The fraction of sp³-hybridized carbons (Fsp3) is 0.500. The van der Waals surface area contributed by atoms with Crippen molar-refractivity contribution in [2.75, 3.05) is 13.1 Å². The minimum atomic E-state index is -0.708. The highest BCUT2D eigenvalue weighted by Gasteiger charge is 2.38. The lowest BCUT2D eigenvalue weighted by molar-refractivity contribution is -0.162. The molecule has 3 nitrogen and oxygen atoms in total. The second kappa shape index (κ2) is 5.92. The van der Waals surface area contributed by atoms with Gasteiger partial charge in [-0.2, -0.15) is 12.6 Å². The summed E-state index contributed by atoms with van der Waals surface area (Å²) in [7, 11) is 0. The van der Waals surface area contributed by atoms with Gasteiger partial charge in [-0.25, -0.2) is 4.39 Å². The Bertz CT molecular complexity index is 441. The molecule has 2 atom stereocenters. The smallest absolute Gasteiger partial charge is 0.319 e. The predicted octanol–water partition coefficient (Wildman–Crippen LogP) is 2.27. The van der Waals surface area contributed by atoms with Crippen LogP contribution in [-0.2, 0) is 15.1 Å². The van der Waals surface area contributed by atoms with Gasteiger partial charge in [0, 0.05) is 6.54 Å². The molecule has 0 spiro atoms. The molecule has 0 bridgehead atoms. The molecule has 5 heteroatoms. The second-order valence-corrected chi connectivity index (χ2v) is 5.65. The summed E-state index contributed by atoms with van der Waals surface area (Å²) in [6.07, 6.45) is 1.64. The van der Waals surface area contributed by atoms with Crippen molar-refractivity contribution in [2.24, 2.45) is 0 Å². The van der Waals surface area contributed by atoms with E-state index in [0.717, 1.165) is 24.9 Å². The van der Waals surface area contributed by atoms with Crippen LogP contribution in [0.5, 0.6) is 0 Å². The topological polar surface area (TPSA) is 38.3 Å². The van der Waals surface area contributed by atoms with Gasteiger partial charge in [0.05, 0.1) is 5.25 Å². The molecule has 0 radical (unpaired) electrons. The lowest BCUT2D eigenvalue weighted by Gasteiger charge is -2.38. The van der Waals surface area contributed by atoms with E-state index in [4.69, 9.17) is 4.74 Å². The van der Waals surface area contributed by atoms with Crippen LogP contribution in [0.2, 0.25) is 0 Å². The molecule has 0 aliphatic carbocycles. The number of thiol groups is 1. The zero-order valence-electron chi connectivity index (χ0n) is 10.9. The number of hydrogen-bond acceptors (Lipinski definition) is 4. The Morgan fingerprint density at radius 1 is 1.47 bits per heavy atom. The van der Waals surface area contributed by atoms with Gasteiger partial charge in [-0.1, -0.05) is 12.1 Å². The molecule has 1 saturated heterocycles. The van der Waals surface area contributed by atoms with Crippen LogP contribution in [0.1, 0.15) is 25.3 Å². The molecule has 1 aliphatic rings. The number of rotatable bonds is 3. The highest BCUT2D eigenvalue weighted by atomic mass is 32.1. The summed E-state index contributed by atoms with van der Waals surface area (Å²) >= 11 is 4.10. The number of hydrogen-bond donors (Lipinski definition) is 2. The fourth-order valence-electron chi connectivity index (χ4n) is 2.30. The summed E-state index contributed by atoms with van der Waals surface area (Å²) in [6, 6.07) is 6.14. The molecule has 19 heavy (non-hydrogen) atoms. The van der Waals surface area contributed by atoms with Crippen LogP contribution < -0.4 is 5.32 Å². The summed E-state index contributed by atoms with van der Waals surface area (Å²) in [5, 5.41) is 2.76. The van der Waals surface area contributed by atoms with Gasteiger partial charge in [0.25, 0.3) is 0 Å². The average molecular weight is 283 g/mol. The number of ether oxygens (including phenoxy) is 1. The van der Waals surface area contributed by atoms with E-state index in [1.54, 1.807) is 19.1 Å². The van der Waals surface area contributed by atoms with Gasteiger partial charge in [-0.15, -0.1) is 0 Å². The predicted molar refractivity (Wildman–Crippen MR) is 74.7 cm³/mol. The van der Waals surface area contributed by atoms with Crippen molar-refractivity contribution >= 4 is 18.6 Å². The lowest BCUT2D eigenvalue weighted by Crippen LogP contribution is -2.47.